The van der Waals surface area contributed by atoms with Crippen LogP contribution in [-0.2, 0) is 9.84 Å². The van der Waals surface area contributed by atoms with Gasteiger partial charge in [-0.2, -0.15) is 15.2 Å². The number of para-hydroxylation sites is 3. The SMILES string of the molecule is C=C/C=C(\C=C)c1nc(-c2ccccc2)nc(-n2c3ccccc3c3cc4c(cc32)c2cc3c(cc2n4-c2ccc(S(=O)(=O)c4ccc(C#N)cc4)cc2)c2ccccc2n3-c2ccccc2)n1. The molecule has 12 aromatic rings. The lowest BCUT2D eigenvalue weighted by Crippen LogP contribution is -2.07. The molecule has 68 heavy (non-hydrogen) atoms. The largest absolute Gasteiger partial charge is 0.309 e. The van der Waals surface area contributed by atoms with E-state index in [2.05, 4.69) is 118 Å². The van der Waals surface area contributed by atoms with Gasteiger partial charge in [0.1, 0.15) is 0 Å². The van der Waals surface area contributed by atoms with Gasteiger partial charge in [-0.15, -0.1) is 0 Å². The zero-order valence-electron chi connectivity index (χ0n) is 36.3. The number of sulfone groups is 1. The Hall–Kier alpha value is -9.17. The minimum atomic E-state index is -3.88. The number of allylic oxidation sites excluding steroid dienone is 4. The summed E-state index contributed by atoms with van der Waals surface area (Å²) in [6.45, 7) is 8.00. The molecule has 0 saturated heterocycles. The maximum atomic E-state index is 13.9. The number of nitriles is 1. The van der Waals surface area contributed by atoms with E-state index in [4.69, 9.17) is 15.0 Å². The molecule has 0 fully saturated rings. The minimum absolute atomic E-state index is 0.121. The third-order valence-electron chi connectivity index (χ3n) is 12.7. The average molecular weight is 896 g/mol. The van der Waals surface area contributed by atoms with E-state index in [-0.39, 0.29) is 9.79 Å². The van der Waals surface area contributed by atoms with Gasteiger partial charge in [0.15, 0.2) is 11.6 Å². The van der Waals surface area contributed by atoms with Gasteiger partial charge in [0.25, 0.3) is 0 Å². The quantitative estimate of drug-likeness (QED) is 0.133. The number of fused-ring (bicyclic) bond motifs is 9. The number of hydrogen-bond donors (Lipinski definition) is 0. The van der Waals surface area contributed by atoms with Crippen molar-refractivity contribution in [2.24, 2.45) is 0 Å². The number of hydrogen-bond acceptors (Lipinski definition) is 6. The summed E-state index contributed by atoms with van der Waals surface area (Å²) in [6, 6.07) is 61.1. The van der Waals surface area contributed by atoms with Crippen LogP contribution in [0.2, 0.25) is 0 Å². The van der Waals surface area contributed by atoms with E-state index in [0.29, 0.717) is 28.7 Å². The molecule has 4 heterocycles. The number of nitrogens with zero attached hydrogens (tertiary/aromatic N) is 7. The van der Waals surface area contributed by atoms with Crippen LogP contribution in [0.5, 0.6) is 0 Å². The third kappa shape index (κ3) is 6.29. The molecule has 9 nitrogen and oxygen atoms in total. The molecule has 0 aliphatic heterocycles. The van der Waals surface area contributed by atoms with E-state index in [0.717, 1.165) is 82.4 Å². The van der Waals surface area contributed by atoms with Crippen LogP contribution in [0.4, 0.5) is 0 Å². The molecule has 4 aromatic heterocycles. The first kappa shape index (κ1) is 40.3. The molecule has 0 saturated carbocycles. The number of aromatic nitrogens is 6. The average Bonchev–Trinajstić information content (AvgIpc) is 4.01. The Morgan fingerprint density at radius 3 is 1.53 bits per heavy atom. The maximum absolute atomic E-state index is 13.9. The molecule has 8 aromatic carbocycles. The first-order valence-corrected chi connectivity index (χ1v) is 23.5. The first-order valence-electron chi connectivity index (χ1n) is 22.0. The highest BCUT2D eigenvalue weighted by atomic mass is 32.2. The van der Waals surface area contributed by atoms with Gasteiger partial charge in [-0.3, -0.25) is 4.57 Å². The van der Waals surface area contributed by atoms with Crippen LogP contribution in [0.1, 0.15) is 11.4 Å². The van der Waals surface area contributed by atoms with Crippen molar-refractivity contribution in [3.63, 3.8) is 0 Å². The molecule has 0 unspecified atom stereocenters. The highest BCUT2D eigenvalue weighted by Crippen LogP contribution is 2.43. The summed E-state index contributed by atoms with van der Waals surface area (Å²) < 4.78 is 34.5. The number of rotatable bonds is 9. The lowest BCUT2D eigenvalue weighted by atomic mass is 10.1. The summed E-state index contributed by atoms with van der Waals surface area (Å²) in [5.74, 6) is 1.44. The van der Waals surface area contributed by atoms with Crippen molar-refractivity contribution in [2.75, 3.05) is 0 Å². The molecule has 0 amide bonds. The molecule has 10 heteroatoms. The van der Waals surface area contributed by atoms with Crippen LogP contribution >= 0.6 is 0 Å². The van der Waals surface area contributed by atoms with Gasteiger partial charge in [-0.1, -0.05) is 116 Å². The molecule has 322 valence electrons. The van der Waals surface area contributed by atoms with E-state index in [9.17, 15) is 13.7 Å². The van der Waals surface area contributed by atoms with E-state index >= 15 is 0 Å². The van der Waals surface area contributed by atoms with Crippen LogP contribution in [0, 0.1) is 11.3 Å². The Kier molecular flexibility index (Phi) is 9.36. The summed E-state index contributed by atoms with van der Waals surface area (Å²) >= 11 is 0. The predicted octanol–water partition coefficient (Wildman–Crippen LogP) is 13.3. The van der Waals surface area contributed by atoms with E-state index in [1.807, 2.05) is 66.7 Å². The summed E-state index contributed by atoms with van der Waals surface area (Å²) in [7, 11) is -3.88. The first-order chi connectivity index (χ1) is 33.3. The van der Waals surface area contributed by atoms with E-state index in [1.54, 1.807) is 24.3 Å². The Labute approximate surface area is 390 Å². The van der Waals surface area contributed by atoms with Crippen LogP contribution in [0.15, 0.2) is 223 Å². The van der Waals surface area contributed by atoms with Crippen molar-refractivity contribution in [3.05, 3.63) is 225 Å². The second kappa shape index (κ2) is 15.8. The summed E-state index contributed by atoms with van der Waals surface area (Å²) in [6.07, 6.45) is 5.27. The standard InChI is InChI=1S/C58H37N7O2S/c1-3-15-38(4-2)56-60-57(39-16-7-5-8-17-39)62-58(61-56)65-51-23-14-12-21-45(51)47-33-54-49(35-55(47)65)48-34-52-46(44-20-11-13-22-50(44)63(52)40-18-9-6-10-19-40)32-53(48)64(54)41-26-30-43(31-27-41)68(66,67)42-28-24-37(36-59)25-29-42/h3-35H,1-2H2/b38-15+. The van der Waals surface area contributed by atoms with Gasteiger partial charge < -0.3 is 9.13 Å². The second-order valence-electron chi connectivity index (χ2n) is 16.5. The van der Waals surface area contributed by atoms with Crippen molar-refractivity contribution in [1.29, 1.82) is 5.26 Å². The summed E-state index contributed by atoms with van der Waals surface area (Å²) in [4.78, 5) is 15.5. The molecule has 0 bridgehead atoms. The van der Waals surface area contributed by atoms with Gasteiger partial charge in [0.05, 0.1) is 54.5 Å². The molecule has 0 N–H and O–H groups in total. The Morgan fingerprint density at radius 2 is 0.971 bits per heavy atom. The fourth-order valence-electron chi connectivity index (χ4n) is 9.58. The van der Waals surface area contributed by atoms with Crippen molar-refractivity contribution < 1.29 is 8.42 Å². The second-order valence-corrected chi connectivity index (χ2v) is 18.4. The fraction of sp³-hybridized carbons (Fsp3) is 0. The van der Waals surface area contributed by atoms with Crippen LogP contribution < -0.4 is 0 Å². The van der Waals surface area contributed by atoms with E-state index < -0.39 is 9.84 Å². The zero-order valence-corrected chi connectivity index (χ0v) is 37.1. The Balaban J connectivity index is 1.17. The smallest absolute Gasteiger partial charge is 0.238 e. The van der Waals surface area contributed by atoms with Crippen LogP contribution in [0.3, 0.4) is 0 Å². The van der Waals surface area contributed by atoms with Crippen molar-refractivity contribution in [3.8, 4) is 34.8 Å². The van der Waals surface area contributed by atoms with Gasteiger partial charge in [0.2, 0.25) is 15.8 Å². The number of benzene rings is 8. The fourth-order valence-corrected chi connectivity index (χ4v) is 10.8. The zero-order chi connectivity index (χ0) is 46.1. The minimum Gasteiger partial charge on any atom is -0.309 e. The molecule has 0 spiro atoms. The van der Waals surface area contributed by atoms with Gasteiger partial charge in [-0.25, -0.2) is 13.4 Å². The van der Waals surface area contributed by atoms with Crippen LogP contribution in [-0.4, -0.2) is 37.1 Å². The van der Waals surface area contributed by atoms with Crippen molar-refractivity contribution in [2.45, 2.75) is 9.79 Å². The summed E-state index contributed by atoms with van der Waals surface area (Å²) in [5.41, 5.74) is 9.62. The predicted molar refractivity (Wildman–Crippen MR) is 273 cm³/mol. The van der Waals surface area contributed by atoms with E-state index in [1.165, 1.54) is 24.3 Å². The third-order valence-corrected chi connectivity index (χ3v) is 14.5. The Bertz CT molecular complexity index is 4240. The maximum Gasteiger partial charge on any atom is 0.238 e. The summed E-state index contributed by atoms with van der Waals surface area (Å²) in [5, 5.41) is 15.5. The Morgan fingerprint density at radius 1 is 0.500 bits per heavy atom. The highest BCUT2D eigenvalue weighted by molar-refractivity contribution is 7.91. The molecule has 0 aliphatic carbocycles. The monoisotopic (exact) mass is 895 g/mol. The van der Waals surface area contributed by atoms with Gasteiger partial charge in [-0.05, 0) is 97.1 Å². The van der Waals surface area contributed by atoms with Crippen molar-refractivity contribution in [1.82, 2.24) is 28.7 Å². The lowest BCUT2D eigenvalue weighted by Gasteiger charge is -2.11. The molecule has 0 atom stereocenters. The topological polar surface area (TPSA) is 111 Å². The van der Waals surface area contributed by atoms with Crippen LogP contribution in [0.25, 0.3) is 99.7 Å². The lowest BCUT2D eigenvalue weighted by molar-refractivity contribution is 0.596. The molecule has 0 radical (unpaired) electrons. The van der Waals surface area contributed by atoms with Crippen molar-refractivity contribution >= 4 is 80.8 Å². The van der Waals surface area contributed by atoms with Gasteiger partial charge in [0, 0.05) is 54.8 Å². The highest BCUT2D eigenvalue weighted by Gasteiger charge is 2.24. The van der Waals surface area contributed by atoms with Gasteiger partial charge >= 0.3 is 0 Å². The molecule has 12 rings (SSSR count). The normalized spacial score (nSPS) is 12.1. The molecule has 0 aliphatic rings. The molecular weight excluding hydrogens is 859 g/mol. The molecular formula is C58H37N7O2S.